The first kappa shape index (κ1) is 15.9. The van der Waals surface area contributed by atoms with Crippen molar-refractivity contribution in [2.45, 2.75) is 39.8 Å². The Bertz CT molecular complexity index is 644. The van der Waals surface area contributed by atoms with Crippen molar-refractivity contribution in [3.05, 3.63) is 53.3 Å². The van der Waals surface area contributed by atoms with E-state index in [2.05, 4.69) is 20.6 Å². The highest BCUT2D eigenvalue weighted by Gasteiger charge is 2.12. The highest BCUT2D eigenvalue weighted by atomic mass is 16.1. The molecule has 0 aliphatic heterocycles. The molecule has 1 heterocycles. The highest BCUT2D eigenvalue weighted by Crippen LogP contribution is 2.10. The minimum atomic E-state index is -0.175. The van der Waals surface area contributed by atoms with Gasteiger partial charge in [-0.1, -0.05) is 24.3 Å². The molecule has 0 radical (unpaired) electrons. The van der Waals surface area contributed by atoms with Crippen molar-refractivity contribution in [1.29, 1.82) is 0 Å². The first-order valence-corrected chi connectivity index (χ1v) is 7.28. The Kier molecular flexibility index (Phi) is 4.75. The minimum Gasteiger partial charge on any atom is -0.350 e. The Hall–Kier alpha value is -2.43. The number of benzene rings is 1. The second kappa shape index (κ2) is 6.56. The van der Waals surface area contributed by atoms with Crippen molar-refractivity contribution >= 4 is 11.9 Å². The van der Waals surface area contributed by atoms with Crippen LogP contribution in [0.25, 0.3) is 0 Å². The maximum Gasteiger partial charge on any atom is 0.254 e. The molecular weight excluding hydrogens is 276 g/mol. The van der Waals surface area contributed by atoms with Crippen LogP contribution in [0, 0.1) is 6.92 Å². The molecule has 0 saturated heterocycles. The molecular formula is C17H22N4O. The molecule has 0 aliphatic rings. The van der Waals surface area contributed by atoms with Gasteiger partial charge >= 0.3 is 0 Å². The lowest BCUT2D eigenvalue weighted by atomic mass is 10.1. The van der Waals surface area contributed by atoms with Crippen LogP contribution in [0.2, 0.25) is 0 Å². The summed E-state index contributed by atoms with van der Waals surface area (Å²) in [5, 5.41) is 6.04. The molecule has 1 aromatic heterocycles. The summed E-state index contributed by atoms with van der Waals surface area (Å²) in [7, 11) is 0. The van der Waals surface area contributed by atoms with Crippen LogP contribution in [0.5, 0.6) is 0 Å². The molecule has 0 aliphatic carbocycles. The van der Waals surface area contributed by atoms with Crippen LogP contribution in [0.1, 0.15) is 42.3 Å². The van der Waals surface area contributed by atoms with E-state index in [0.29, 0.717) is 18.1 Å². The van der Waals surface area contributed by atoms with Crippen LogP contribution in [-0.2, 0) is 6.54 Å². The second-order valence-electron chi connectivity index (χ2n) is 6.28. The molecule has 5 nitrogen and oxygen atoms in total. The maximum atomic E-state index is 12.1. The number of carbonyl (C=O) groups excluding carboxylic acids is 1. The molecule has 0 fully saturated rings. The zero-order chi connectivity index (χ0) is 16.2. The van der Waals surface area contributed by atoms with Crippen molar-refractivity contribution in [1.82, 2.24) is 15.3 Å². The van der Waals surface area contributed by atoms with Gasteiger partial charge in [0, 0.05) is 24.5 Å². The number of aryl methyl sites for hydroxylation is 1. The summed E-state index contributed by atoms with van der Waals surface area (Å²) in [6.45, 7) is 8.60. The summed E-state index contributed by atoms with van der Waals surface area (Å²) in [6, 6.07) is 7.97. The number of hydrogen-bond donors (Lipinski definition) is 2. The van der Waals surface area contributed by atoms with Gasteiger partial charge in [-0.2, -0.15) is 0 Å². The SMILES string of the molecule is Cc1ccccc1CNC(=O)c1cnc(NC(C)(C)C)nc1. The molecule has 2 N–H and O–H groups in total. The fourth-order valence-electron chi connectivity index (χ4n) is 1.93. The van der Waals surface area contributed by atoms with Gasteiger partial charge in [-0.25, -0.2) is 9.97 Å². The molecule has 1 aromatic carbocycles. The van der Waals surface area contributed by atoms with E-state index in [1.54, 1.807) is 0 Å². The summed E-state index contributed by atoms with van der Waals surface area (Å²) >= 11 is 0. The molecule has 116 valence electrons. The monoisotopic (exact) mass is 298 g/mol. The smallest absolute Gasteiger partial charge is 0.254 e. The van der Waals surface area contributed by atoms with Crippen molar-refractivity contribution in [3.63, 3.8) is 0 Å². The van der Waals surface area contributed by atoms with Gasteiger partial charge < -0.3 is 10.6 Å². The van der Waals surface area contributed by atoms with Gasteiger partial charge in [0.2, 0.25) is 5.95 Å². The largest absolute Gasteiger partial charge is 0.350 e. The maximum absolute atomic E-state index is 12.1. The van der Waals surface area contributed by atoms with Crippen LogP contribution in [0.4, 0.5) is 5.95 Å². The van der Waals surface area contributed by atoms with Crippen molar-refractivity contribution in [2.75, 3.05) is 5.32 Å². The molecule has 5 heteroatoms. The average molecular weight is 298 g/mol. The van der Waals surface area contributed by atoms with Gasteiger partial charge in [-0.3, -0.25) is 4.79 Å². The molecule has 0 unspecified atom stereocenters. The van der Waals surface area contributed by atoms with E-state index in [4.69, 9.17) is 0 Å². The Labute approximate surface area is 131 Å². The van der Waals surface area contributed by atoms with Crippen LogP contribution in [0.3, 0.4) is 0 Å². The first-order valence-electron chi connectivity index (χ1n) is 7.28. The Morgan fingerprint density at radius 1 is 1.14 bits per heavy atom. The molecule has 2 aromatic rings. The zero-order valence-electron chi connectivity index (χ0n) is 13.5. The molecule has 0 atom stereocenters. The molecule has 22 heavy (non-hydrogen) atoms. The summed E-state index contributed by atoms with van der Waals surface area (Å²) in [4.78, 5) is 20.5. The summed E-state index contributed by atoms with van der Waals surface area (Å²) in [5.74, 6) is 0.341. The molecule has 0 bridgehead atoms. The summed E-state index contributed by atoms with van der Waals surface area (Å²) in [6.07, 6.45) is 3.07. The third-order valence-corrected chi connectivity index (χ3v) is 3.10. The van der Waals surface area contributed by atoms with Crippen molar-refractivity contribution in [3.8, 4) is 0 Å². The normalized spacial score (nSPS) is 11.1. The number of nitrogens with one attached hydrogen (secondary N) is 2. The van der Waals surface area contributed by atoms with Gasteiger partial charge in [-0.15, -0.1) is 0 Å². The standard InChI is InChI=1S/C17H22N4O/c1-12-7-5-6-8-13(12)9-18-15(22)14-10-19-16(20-11-14)21-17(2,3)4/h5-8,10-11H,9H2,1-4H3,(H,18,22)(H,19,20,21). The van der Waals surface area contributed by atoms with E-state index < -0.39 is 0 Å². The van der Waals surface area contributed by atoms with Gasteiger partial charge in [0.15, 0.2) is 0 Å². The van der Waals surface area contributed by atoms with Crippen LogP contribution in [-0.4, -0.2) is 21.4 Å². The van der Waals surface area contributed by atoms with Gasteiger partial charge in [0.25, 0.3) is 5.91 Å². The average Bonchev–Trinajstić information content (AvgIpc) is 2.45. The lowest BCUT2D eigenvalue weighted by Gasteiger charge is -2.20. The van der Waals surface area contributed by atoms with E-state index in [0.717, 1.165) is 11.1 Å². The number of rotatable bonds is 4. The zero-order valence-corrected chi connectivity index (χ0v) is 13.5. The number of amides is 1. The van der Waals surface area contributed by atoms with Crippen molar-refractivity contribution < 1.29 is 4.79 Å². The quantitative estimate of drug-likeness (QED) is 0.910. The molecule has 2 rings (SSSR count). The van der Waals surface area contributed by atoms with E-state index in [-0.39, 0.29) is 11.4 Å². The van der Waals surface area contributed by atoms with E-state index in [1.807, 2.05) is 52.0 Å². The molecule has 0 saturated carbocycles. The van der Waals surface area contributed by atoms with E-state index >= 15 is 0 Å². The lowest BCUT2D eigenvalue weighted by molar-refractivity contribution is 0.0950. The van der Waals surface area contributed by atoms with Gasteiger partial charge in [0.05, 0.1) is 5.56 Å². The number of hydrogen-bond acceptors (Lipinski definition) is 4. The minimum absolute atomic E-state index is 0.116. The number of carbonyl (C=O) groups is 1. The van der Waals surface area contributed by atoms with Crippen LogP contribution in [0.15, 0.2) is 36.7 Å². The Balaban J connectivity index is 1.97. The topological polar surface area (TPSA) is 66.9 Å². The fraction of sp³-hybridized carbons (Fsp3) is 0.353. The van der Waals surface area contributed by atoms with Gasteiger partial charge in [-0.05, 0) is 38.8 Å². The van der Waals surface area contributed by atoms with E-state index in [9.17, 15) is 4.79 Å². The summed E-state index contributed by atoms with van der Waals surface area (Å²) < 4.78 is 0. The third-order valence-electron chi connectivity index (χ3n) is 3.10. The summed E-state index contributed by atoms with van der Waals surface area (Å²) in [5.41, 5.74) is 2.59. The first-order chi connectivity index (χ1) is 10.3. The van der Waals surface area contributed by atoms with Crippen LogP contribution < -0.4 is 10.6 Å². The number of anilines is 1. The number of aromatic nitrogens is 2. The predicted octanol–water partition coefficient (Wildman–Crippen LogP) is 2.93. The highest BCUT2D eigenvalue weighted by molar-refractivity contribution is 5.93. The molecule has 1 amide bonds. The third kappa shape index (κ3) is 4.55. The second-order valence-corrected chi connectivity index (χ2v) is 6.28. The predicted molar refractivity (Wildman–Crippen MR) is 87.8 cm³/mol. The fourth-order valence-corrected chi connectivity index (χ4v) is 1.93. The van der Waals surface area contributed by atoms with E-state index in [1.165, 1.54) is 12.4 Å². The Morgan fingerprint density at radius 3 is 2.36 bits per heavy atom. The van der Waals surface area contributed by atoms with Gasteiger partial charge in [0.1, 0.15) is 0 Å². The lowest BCUT2D eigenvalue weighted by Crippen LogP contribution is -2.28. The Morgan fingerprint density at radius 2 is 1.77 bits per heavy atom. The number of nitrogens with zero attached hydrogens (tertiary/aromatic N) is 2. The van der Waals surface area contributed by atoms with Crippen molar-refractivity contribution in [2.24, 2.45) is 0 Å². The molecule has 0 spiro atoms. The van der Waals surface area contributed by atoms with Crippen LogP contribution >= 0.6 is 0 Å².